The summed E-state index contributed by atoms with van der Waals surface area (Å²) in [5.74, 6) is -1.02. The molecule has 0 radical (unpaired) electrons. The van der Waals surface area contributed by atoms with E-state index in [0.717, 1.165) is 0 Å². The third kappa shape index (κ3) is 2.50. The van der Waals surface area contributed by atoms with Crippen LogP contribution < -0.4 is 4.31 Å². The van der Waals surface area contributed by atoms with Gasteiger partial charge in [-0.15, -0.1) is 0 Å². The lowest BCUT2D eigenvalue weighted by Gasteiger charge is -2.35. The molecule has 0 fully saturated rings. The van der Waals surface area contributed by atoms with Crippen molar-refractivity contribution in [2.45, 2.75) is 19.3 Å². The lowest BCUT2D eigenvalue weighted by atomic mass is 9.98. The largest absolute Gasteiger partial charge is 0.478 e. The van der Waals surface area contributed by atoms with Crippen LogP contribution in [0.2, 0.25) is 0 Å². The van der Waals surface area contributed by atoms with Crippen molar-refractivity contribution in [3.63, 3.8) is 0 Å². The third-order valence-electron chi connectivity index (χ3n) is 4.06. The minimum Gasteiger partial charge on any atom is -0.478 e. The maximum atomic E-state index is 12.9. The number of hydrogen-bond acceptors (Lipinski definition) is 3. The predicted octanol–water partition coefficient (Wildman–Crippen LogP) is 1.64. The first-order valence-electron chi connectivity index (χ1n) is 7.30. The minimum absolute atomic E-state index is 0.191. The summed E-state index contributed by atoms with van der Waals surface area (Å²) in [5, 5.41) is 9.29. The molecule has 1 N–H and O–H groups in total. The lowest BCUT2D eigenvalue weighted by molar-refractivity contribution is 0.0695. The molecule has 0 unspecified atom stereocenters. The van der Waals surface area contributed by atoms with Gasteiger partial charge in [-0.2, -0.15) is 12.7 Å². The Labute approximate surface area is 129 Å². The molecule has 2 heterocycles. The van der Waals surface area contributed by atoms with Crippen LogP contribution in [0.1, 0.15) is 28.8 Å². The van der Waals surface area contributed by atoms with E-state index in [1.807, 2.05) is 12.2 Å². The number of carboxylic acids is 1. The topological polar surface area (TPSA) is 77.9 Å². The van der Waals surface area contributed by atoms with Gasteiger partial charge in [0.25, 0.3) is 0 Å². The molecule has 0 aromatic heterocycles. The molecule has 3 rings (SSSR count). The Bertz CT molecular complexity index is 727. The zero-order valence-corrected chi connectivity index (χ0v) is 12.9. The van der Waals surface area contributed by atoms with E-state index in [4.69, 9.17) is 0 Å². The van der Waals surface area contributed by atoms with Crippen molar-refractivity contribution in [3.8, 4) is 0 Å². The number of hydrogen-bond donors (Lipinski definition) is 1. The monoisotopic (exact) mass is 322 g/mol. The van der Waals surface area contributed by atoms with E-state index < -0.39 is 16.2 Å². The van der Waals surface area contributed by atoms with E-state index in [1.165, 1.54) is 14.7 Å². The molecule has 22 heavy (non-hydrogen) atoms. The minimum atomic E-state index is -3.62. The van der Waals surface area contributed by atoms with Crippen molar-refractivity contribution in [2.75, 3.05) is 23.9 Å². The fraction of sp³-hybridized carbons (Fsp3) is 0.400. The highest BCUT2D eigenvalue weighted by Crippen LogP contribution is 2.33. The Morgan fingerprint density at radius 2 is 2.00 bits per heavy atom. The van der Waals surface area contributed by atoms with Crippen molar-refractivity contribution in [1.29, 1.82) is 0 Å². The van der Waals surface area contributed by atoms with Gasteiger partial charge in [-0.05, 0) is 37.0 Å². The number of carboxylic acid groups (broad SMARTS) is 1. The zero-order valence-electron chi connectivity index (χ0n) is 12.1. The first-order valence-corrected chi connectivity index (χ1v) is 8.69. The standard InChI is InChI=1S/C15H18N2O4S/c18-15(19)13-6-4-8-14-12(13)7-5-11-17(14)22(20,21)16-9-2-1-3-10-16/h1-2,4,6,8H,3,5,7,9-11H2,(H,18,19). The van der Waals surface area contributed by atoms with Crippen molar-refractivity contribution >= 4 is 21.9 Å². The normalized spacial score (nSPS) is 19.0. The summed E-state index contributed by atoms with van der Waals surface area (Å²) in [6, 6.07) is 4.82. The Balaban J connectivity index is 2.03. The number of nitrogens with zero attached hydrogens (tertiary/aromatic N) is 2. The average Bonchev–Trinajstić information content (AvgIpc) is 2.54. The Hall–Kier alpha value is -1.86. The SMILES string of the molecule is O=C(O)c1cccc2c1CCCN2S(=O)(=O)N1CC=CCC1. The summed E-state index contributed by atoms with van der Waals surface area (Å²) in [5.41, 5.74) is 1.30. The summed E-state index contributed by atoms with van der Waals surface area (Å²) >= 11 is 0. The molecule has 1 aromatic carbocycles. The number of fused-ring (bicyclic) bond motifs is 1. The van der Waals surface area contributed by atoms with Gasteiger partial charge in [0.15, 0.2) is 0 Å². The number of benzene rings is 1. The summed E-state index contributed by atoms with van der Waals surface area (Å²) < 4.78 is 28.5. The second kappa shape index (κ2) is 5.73. The predicted molar refractivity (Wildman–Crippen MR) is 83.3 cm³/mol. The van der Waals surface area contributed by atoms with Gasteiger partial charge in [0, 0.05) is 19.6 Å². The van der Waals surface area contributed by atoms with E-state index in [0.29, 0.717) is 50.1 Å². The first kappa shape index (κ1) is 15.1. The highest BCUT2D eigenvalue weighted by Gasteiger charge is 2.34. The Kier molecular flexibility index (Phi) is 3.92. The van der Waals surface area contributed by atoms with Crippen molar-refractivity contribution in [3.05, 3.63) is 41.5 Å². The van der Waals surface area contributed by atoms with Crippen LogP contribution in [0.4, 0.5) is 5.69 Å². The number of carbonyl (C=O) groups is 1. The molecule has 0 saturated heterocycles. The molecule has 1 aromatic rings. The number of aromatic carboxylic acids is 1. The molecular weight excluding hydrogens is 304 g/mol. The lowest BCUT2D eigenvalue weighted by Crippen LogP contribution is -2.47. The van der Waals surface area contributed by atoms with E-state index in [9.17, 15) is 18.3 Å². The molecule has 0 amide bonds. The molecule has 0 saturated carbocycles. The summed E-state index contributed by atoms with van der Waals surface area (Å²) in [7, 11) is -3.62. The molecular formula is C15H18N2O4S. The highest BCUT2D eigenvalue weighted by molar-refractivity contribution is 7.90. The number of rotatable bonds is 3. The van der Waals surface area contributed by atoms with Crippen LogP contribution in [0.5, 0.6) is 0 Å². The van der Waals surface area contributed by atoms with Crippen molar-refractivity contribution in [2.24, 2.45) is 0 Å². The van der Waals surface area contributed by atoms with E-state index in [2.05, 4.69) is 0 Å². The van der Waals surface area contributed by atoms with Crippen LogP contribution in [0.25, 0.3) is 0 Å². The second-order valence-corrected chi connectivity index (χ2v) is 7.26. The van der Waals surface area contributed by atoms with Gasteiger partial charge in [0.05, 0.1) is 11.3 Å². The molecule has 2 aliphatic heterocycles. The Morgan fingerprint density at radius 3 is 2.68 bits per heavy atom. The number of anilines is 1. The van der Waals surface area contributed by atoms with Gasteiger partial charge >= 0.3 is 16.2 Å². The van der Waals surface area contributed by atoms with Gasteiger partial charge in [0.1, 0.15) is 0 Å². The summed E-state index contributed by atoms with van der Waals surface area (Å²) in [4.78, 5) is 11.3. The van der Waals surface area contributed by atoms with Crippen LogP contribution >= 0.6 is 0 Å². The zero-order chi connectivity index (χ0) is 15.7. The summed E-state index contributed by atoms with van der Waals surface area (Å²) in [6.45, 7) is 1.22. The fourth-order valence-corrected chi connectivity index (χ4v) is 4.67. The van der Waals surface area contributed by atoms with E-state index in [1.54, 1.807) is 12.1 Å². The van der Waals surface area contributed by atoms with Gasteiger partial charge in [-0.25, -0.2) is 4.79 Å². The van der Waals surface area contributed by atoms with Crippen LogP contribution in [-0.2, 0) is 16.6 Å². The Morgan fingerprint density at radius 1 is 1.18 bits per heavy atom. The van der Waals surface area contributed by atoms with Crippen molar-refractivity contribution in [1.82, 2.24) is 4.31 Å². The van der Waals surface area contributed by atoms with Gasteiger partial charge in [-0.3, -0.25) is 4.31 Å². The average molecular weight is 322 g/mol. The molecule has 0 aliphatic carbocycles. The van der Waals surface area contributed by atoms with E-state index in [-0.39, 0.29) is 5.56 Å². The molecule has 0 atom stereocenters. The van der Waals surface area contributed by atoms with Gasteiger partial charge in [0.2, 0.25) is 0 Å². The molecule has 118 valence electrons. The molecule has 6 nitrogen and oxygen atoms in total. The molecule has 7 heteroatoms. The first-order chi connectivity index (χ1) is 10.5. The smallest absolute Gasteiger partial charge is 0.336 e. The van der Waals surface area contributed by atoms with Crippen LogP contribution in [0.3, 0.4) is 0 Å². The van der Waals surface area contributed by atoms with Gasteiger partial charge < -0.3 is 5.11 Å². The second-order valence-electron chi connectivity index (χ2n) is 5.41. The molecule has 2 aliphatic rings. The van der Waals surface area contributed by atoms with E-state index >= 15 is 0 Å². The maximum Gasteiger partial charge on any atom is 0.336 e. The highest BCUT2D eigenvalue weighted by atomic mass is 32.2. The van der Waals surface area contributed by atoms with Crippen LogP contribution in [0.15, 0.2) is 30.4 Å². The maximum absolute atomic E-state index is 12.9. The third-order valence-corrected chi connectivity index (χ3v) is 5.98. The van der Waals surface area contributed by atoms with Crippen LogP contribution in [-0.4, -0.2) is 43.4 Å². The van der Waals surface area contributed by atoms with Crippen LogP contribution in [0, 0.1) is 0 Å². The quantitative estimate of drug-likeness (QED) is 0.858. The molecule has 0 bridgehead atoms. The van der Waals surface area contributed by atoms with Crippen molar-refractivity contribution < 1.29 is 18.3 Å². The van der Waals surface area contributed by atoms with Gasteiger partial charge in [-0.1, -0.05) is 18.2 Å². The fourth-order valence-electron chi connectivity index (χ4n) is 3.00. The molecule has 0 spiro atoms. The summed E-state index contributed by atoms with van der Waals surface area (Å²) in [6.07, 6.45) is 5.73.